The van der Waals surface area contributed by atoms with Gasteiger partial charge in [-0.2, -0.15) is 0 Å². The highest BCUT2D eigenvalue weighted by Gasteiger charge is 1.99. The highest BCUT2D eigenvalue weighted by molar-refractivity contribution is 5.95. The average molecular weight is 309 g/mol. The first-order chi connectivity index (χ1) is 11.4. The molecule has 1 nitrogen and oxygen atoms in total. The van der Waals surface area contributed by atoms with Gasteiger partial charge >= 0.3 is 0 Å². The van der Waals surface area contributed by atoms with Gasteiger partial charge in [0.25, 0.3) is 0 Å². The molecule has 0 heterocycles. The molecular formula is C22H31N. The van der Waals surface area contributed by atoms with E-state index in [0.717, 1.165) is 11.4 Å². The minimum absolute atomic E-state index is 1.11. The van der Waals surface area contributed by atoms with E-state index < -0.39 is 0 Å². The van der Waals surface area contributed by atoms with Crippen LogP contribution < -0.4 is 5.32 Å². The highest BCUT2D eigenvalue weighted by atomic mass is 14.9. The number of para-hydroxylation sites is 1. The van der Waals surface area contributed by atoms with Crippen molar-refractivity contribution in [2.24, 2.45) is 0 Å². The second-order valence-corrected chi connectivity index (χ2v) is 4.02. The van der Waals surface area contributed by atoms with E-state index in [4.69, 9.17) is 0 Å². The lowest BCUT2D eigenvalue weighted by atomic mass is 10.1. The Labute approximate surface area is 142 Å². The molecule has 0 spiro atoms. The number of hydrogen-bond donors (Lipinski definition) is 1. The summed E-state index contributed by atoms with van der Waals surface area (Å²) in [5, 5.41) is 5.95. The minimum Gasteiger partial charge on any atom is -0.355 e. The number of rotatable bonds is 2. The fraction of sp³-hybridized carbons (Fsp3) is 0.273. The Bertz CT molecular complexity index is 624. The minimum atomic E-state index is 1.11. The average Bonchev–Trinajstić information content (AvgIpc) is 2.68. The van der Waals surface area contributed by atoms with Crippen molar-refractivity contribution in [1.82, 2.24) is 0 Å². The van der Waals surface area contributed by atoms with Gasteiger partial charge < -0.3 is 5.32 Å². The third kappa shape index (κ3) is 6.56. The van der Waals surface area contributed by atoms with Crippen molar-refractivity contribution >= 4 is 22.1 Å². The van der Waals surface area contributed by atoms with Gasteiger partial charge in [-0.15, -0.1) is 0 Å². The van der Waals surface area contributed by atoms with Gasteiger partial charge in [-0.05, 0) is 23.6 Å². The fourth-order valence-electron chi connectivity index (χ4n) is 2.01. The summed E-state index contributed by atoms with van der Waals surface area (Å²) in [6.45, 7) is 12.0. The van der Waals surface area contributed by atoms with E-state index in [2.05, 4.69) is 59.9 Å². The van der Waals surface area contributed by atoms with E-state index in [0.29, 0.717) is 0 Å². The van der Waals surface area contributed by atoms with Crippen molar-refractivity contribution in [1.29, 1.82) is 0 Å². The predicted octanol–water partition coefficient (Wildman–Crippen LogP) is 7.66. The molecule has 0 atom stereocenters. The summed E-state index contributed by atoms with van der Waals surface area (Å²) >= 11 is 0. The second kappa shape index (κ2) is 13.4. The number of anilines is 2. The van der Waals surface area contributed by atoms with Gasteiger partial charge in [0.2, 0.25) is 0 Å². The summed E-state index contributed by atoms with van der Waals surface area (Å²) in [5.74, 6) is 0. The largest absolute Gasteiger partial charge is 0.355 e. The van der Waals surface area contributed by atoms with Crippen LogP contribution in [-0.2, 0) is 0 Å². The summed E-state index contributed by atoms with van der Waals surface area (Å²) in [6.07, 6.45) is 0. The lowest BCUT2D eigenvalue weighted by Crippen LogP contribution is -1.90. The van der Waals surface area contributed by atoms with Crippen LogP contribution in [0.3, 0.4) is 0 Å². The van der Waals surface area contributed by atoms with Crippen LogP contribution in [0, 0.1) is 0 Å². The van der Waals surface area contributed by atoms with Gasteiger partial charge in [-0.1, -0.05) is 96.1 Å². The first-order valence-corrected chi connectivity index (χ1v) is 8.73. The van der Waals surface area contributed by atoms with Crippen molar-refractivity contribution in [2.45, 2.75) is 41.5 Å². The topological polar surface area (TPSA) is 12.0 Å². The molecule has 0 aliphatic heterocycles. The van der Waals surface area contributed by atoms with E-state index in [1.165, 1.54) is 10.8 Å². The zero-order chi connectivity index (χ0) is 17.5. The third-order valence-corrected chi connectivity index (χ3v) is 2.84. The van der Waals surface area contributed by atoms with E-state index in [-0.39, 0.29) is 0 Å². The lowest BCUT2D eigenvalue weighted by Gasteiger charge is -2.09. The molecule has 3 aromatic carbocycles. The monoisotopic (exact) mass is 309 g/mol. The Hall–Kier alpha value is -2.28. The maximum absolute atomic E-state index is 3.45. The van der Waals surface area contributed by atoms with E-state index >= 15 is 0 Å². The van der Waals surface area contributed by atoms with Crippen LogP contribution in [0.15, 0.2) is 72.8 Å². The van der Waals surface area contributed by atoms with Crippen molar-refractivity contribution in [3.8, 4) is 0 Å². The first kappa shape index (κ1) is 20.7. The van der Waals surface area contributed by atoms with Crippen LogP contribution in [0.25, 0.3) is 10.8 Å². The van der Waals surface area contributed by atoms with Gasteiger partial charge in [0.15, 0.2) is 0 Å². The highest BCUT2D eigenvalue weighted by Crippen LogP contribution is 2.25. The second-order valence-electron chi connectivity index (χ2n) is 4.02. The quantitative estimate of drug-likeness (QED) is 0.512. The van der Waals surface area contributed by atoms with Crippen molar-refractivity contribution < 1.29 is 0 Å². The Morgan fingerprint density at radius 1 is 0.522 bits per heavy atom. The molecule has 0 fully saturated rings. The summed E-state index contributed by atoms with van der Waals surface area (Å²) in [6, 6.07) is 25.0. The van der Waals surface area contributed by atoms with E-state index in [1.807, 2.05) is 59.7 Å². The Kier molecular flexibility index (Phi) is 12.1. The van der Waals surface area contributed by atoms with Crippen molar-refractivity contribution in [3.05, 3.63) is 72.8 Å². The first-order valence-electron chi connectivity index (χ1n) is 8.73. The Morgan fingerprint density at radius 3 is 1.70 bits per heavy atom. The normalized spacial score (nSPS) is 8.43. The number of hydrogen-bond acceptors (Lipinski definition) is 1. The number of fused-ring (bicyclic) bond motifs is 1. The SMILES string of the molecule is CC.CC.CC.c1ccc(Nc2cccc3ccccc23)cc1. The molecule has 0 unspecified atom stereocenters. The Balaban J connectivity index is 0.000000728. The van der Waals surface area contributed by atoms with Crippen molar-refractivity contribution in [2.75, 3.05) is 5.32 Å². The predicted molar refractivity (Wildman–Crippen MR) is 108 cm³/mol. The van der Waals surface area contributed by atoms with Crippen LogP contribution in [-0.4, -0.2) is 0 Å². The summed E-state index contributed by atoms with van der Waals surface area (Å²) in [7, 11) is 0. The van der Waals surface area contributed by atoms with E-state index in [1.54, 1.807) is 0 Å². The van der Waals surface area contributed by atoms with Crippen LogP contribution in [0.5, 0.6) is 0 Å². The molecule has 0 amide bonds. The molecule has 3 rings (SSSR count). The number of benzene rings is 3. The molecule has 0 aromatic heterocycles. The standard InChI is InChI=1S/C16H13N.3C2H6/c1-2-9-14(10-3-1)17-16-12-6-8-13-7-4-5-11-15(13)16;3*1-2/h1-12,17H;3*1-2H3. The molecule has 0 saturated carbocycles. The molecule has 0 radical (unpaired) electrons. The van der Waals surface area contributed by atoms with Gasteiger partial charge in [0.05, 0.1) is 0 Å². The molecule has 3 aromatic rings. The maximum atomic E-state index is 3.45. The fourth-order valence-corrected chi connectivity index (χ4v) is 2.01. The zero-order valence-electron chi connectivity index (χ0n) is 15.4. The smallest absolute Gasteiger partial charge is 0.0463 e. The van der Waals surface area contributed by atoms with Crippen LogP contribution in [0.2, 0.25) is 0 Å². The van der Waals surface area contributed by atoms with Crippen LogP contribution in [0.1, 0.15) is 41.5 Å². The zero-order valence-corrected chi connectivity index (χ0v) is 15.4. The third-order valence-electron chi connectivity index (χ3n) is 2.84. The van der Waals surface area contributed by atoms with Crippen molar-refractivity contribution in [3.63, 3.8) is 0 Å². The maximum Gasteiger partial charge on any atom is 0.0463 e. The molecule has 124 valence electrons. The molecule has 23 heavy (non-hydrogen) atoms. The van der Waals surface area contributed by atoms with Crippen LogP contribution >= 0.6 is 0 Å². The lowest BCUT2D eigenvalue weighted by molar-refractivity contribution is 1.50. The molecular weight excluding hydrogens is 278 g/mol. The summed E-state index contributed by atoms with van der Waals surface area (Å²) in [4.78, 5) is 0. The summed E-state index contributed by atoms with van der Waals surface area (Å²) < 4.78 is 0. The van der Waals surface area contributed by atoms with Gasteiger partial charge in [-0.3, -0.25) is 0 Å². The molecule has 0 bridgehead atoms. The Morgan fingerprint density at radius 2 is 1.04 bits per heavy atom. The number of nitrogens with one attached hydrogen (secondary N) is 1. The molecule has 1 N–H and O–H groups in total. The molecule has 0 saturated heterocycles. The van der Waals surface area contributed by atoms with Crippen LogP contribution in [0.4, 0.5) is 11.4 Å². The summed E-state index contributed by atoms with van der Waals surface area (Å²) in [5.41, 5.74) is 2.26. The van der Waals surface area contributed by atoms with Gasteiger partial charge in [0, 0.05) is 16.8 Å². The molecule has 1 heteroatoms. The molecule has 0 aliphatic rings. The van der Waals surface area contributed by atoms with E-state index in [9.17, 15) is 0 Å². The molecule has 0 aliphatic carbocycles. The van der Waals surface area contributed by atoms with Gasteiger partial charge in [0.1, 0.15) is 0 Å². The van der Waals surface area contributed by atoms with Gasteiger partial charge in [-0.25, -0.2) is 0 Å².